The number of hydrogen-bond acceptors (Lipinski definition) is 3. The molecule has 6 heteroatoms. The summed E-state index contributed by atoms with van der Waals surface area (Å²) in [5.41, 5.74) is 7.44. The van der Waals surface area contributed by atoms with E-state index in [9.17, 15) is 4.39 Å². The van der Waals surface area contributed by atoms with Gasteiger partial charge in [0.2, 0.25) is 0 Å². The van der Waals surface area contributed by atoms with E-state index in [1.54, 1.807) is 23.1 Å². The second-order valence-corrected chi connectivity index (χ2v) is 4.44. The number of amidine groups is 1. The number of nitrogens with two attached hydrogens (primary N) is 1. The Morgan fingerprint density at radius 2 is 2.20 bits per heavy atom. The maximum absolute atomic E-state index is 13.4. The molecule has 0 saturated heterocycles. The Labute approximate surface area is 114 Å². The quantitative estimate of drug-likeness (QED) is 0.563. The highest BCUT2D eigenvalue weighted by Gasteiger charge is 2.13. The molecule has 0 unspecified atom stereocenters. The van der Waals surface area contributed by atoms with Crippen LogP contribution in [0.3, 0.4) is 0 Å². The van der Waals surface area contributed by atoms with Gasteiger partial charge in [0.15, 0.2) is 0 Å². The number of benzene rings is 1. The van der Waals surface area contributed by atoms with Crippen LogP contribution in [0.2, 0.25) is 0 Å². The lowest BCUT2D eigenvalue weighted by Gasteiger charge is -2.03. The molecule has 1 aromatic carbocycles. The molecule has 20 heavy (non-hydrogen) atoms. The molecule has 0 aliphatic heterocycles. The highest BCUT2D eigenvalue weighted by Crippen LogP contribution is 2.20. The molecule has 3 N–H and O–H groups in total. The van der Waals surface area contributed by atoms with Crippen LogP contribution < -0.4 is 5.73 Å². The van der Waals surface area contributed by atoms with Crippen LogP contribution in [0, 0.1) is 11.2 Å². The normalized spacial score (nSPS) is 10.8. The van der Waals surface area contributed by atoms with Gasteiger partial charge >= 0.3 is 0 Å². The Morgan fingerprint density at radius 3 is 2.90 bits per heavy atom. The Balaban J connectivity index is 2.15. The lowest BCUT2D eigenvalue weighted by atomic mass is 10.2. The van der Waals surface area contributed by atoms with Crippen LogP contribution in [0.1, 0.15) is 11.3 Å². The molecule has 0 aliphatic rings. The van der Waals surface area contributed by atoms with Gasteiger partial charge in [0.1, 0.15) is 17.3 Å². The first-order valence-electron chi connectivity index (χ1n) is 6.04. The Hall–Kier alpha value is -2.76. The van der Waals surface area contributed by atoms with Crippen molar-refractivity contribution in [1.29, 1.82) is 5.41 Å². The topological polar surface area (TPSA) is 80.6 Å². The molecule has 2 heterocycles. The van der Waals surface area contributed by atoms with Gasteiger partial charge < -0.3 is 5.73 Å². The van der Waals surface area contributed by atoms with Crippen molar-refractivity contribution in [3.63, 3.8) is 0 Å². The summed E-state index contributed by atoms with van der Waals surface area (Å²) in [5, 5.41) is 12.5. The summed E-state index contributed by atoms with van der Waals surface area (Å²) < 4.78 is 15.1. The van der Waals surface area contributed by atoms with E-state index < -0.39 is 0 Å². The Morgan fingerprint density at radius 1 is 1.35 bits per heavy atom. The van der Waals surface area contributed by atoms with Gasteiger partial charge in [0, 0.05) is 17.8 Å². The molecule has 0 saturated carbocycles. The molecule has 3 aromatic rings. The van der Waals surface area contributed by atoms with Crippen molar-refractivity contribution in [3.05, 3.63) is 59.8 Å². The maximum atomic E-state index is 13.4. The zero-order valence-corrected chi connectivity index (χ0v) is 10.5. The first-order valence-corrected chi connectivity index (χ1v) is 6.04. The van der Waals surface area contributed by atoms with E-state index in [0.29, 0.717) is 23.1 Å². The van der Waals surface area contributed by atoms with Gasteiger partial charge in [-0.05, 0) is 29.8 Å². The number of hydrogen-bond donors (Lipinski definition) is 2. The second-order valence-electron chi connectivity index (χ2n) is 4.44. The fourth-order valence-electron chi connectivity index (χ4n) is 2.13. The molecule has 0 spiro atoms. The van der Waals surface area contributed by atoms with Gasteiger partial charge in [-0.3, -0.25) is 15.1 Å². The average molecular weight is 269 g/mol. The zero-order chi connectivity index (χ0) is 14.1. The third-order valence-electron chi connectivity index (χ3n) is 3.02. The van der Waals surface area contributed by atoms with Crippen molar-refractivity contribution in [2.24, 2.45) is 5.73 Å². The highest BCUT2D eigenvalue weighted by molar-refractivity contribution is 6.05. The van der Waals surface area contributed by atoms with Gasteiger partial charge in [-0.2, -0.15) is 5.10 Å². The standard InChI is InChI=1S/C14H12FN5/c15-10-3-4-11-12(6-10)20(19-13(11)14(16)17)8-9-2-1-5-18-7-9/h1-7H,8H2,(H3,16,17). The van der Waals surface area contributed by atoms with Gasteiger partial charge in [-0.15, -0.1) is 0 Å². The number of halogens is 1. The van der Waals surface area contributed by atoms with Crippen LogP contribution in [0.15, 0.2) is 42.7 Å². The SMILES string of the molecule is N=C(N)c1nn(Cc2cccnc2)c2cc(F)ccc12. The summed E-state index contributed by atoms with van der Waals surface area (Å²) in [6.07, 6.45) is 3.41. The summed E-state index contributed by atoms with van der Waals surface area (Å²) in [6.45, 7) is 0.446. The number of nitrogen functional groups attached to an aromatic ring is 1. The van der Waals surface area contributed by atoms with E-state index in [2.05, 4.69) is 10.1 Å². The lowest BCUT2D eigenvalue weighted by Crippen LogP contribution is -2.13. The Kier molecular flexibility index (Phi) is 2.90. The van der Waals surface area contributed by atoms with Gasteiger partial charge in [0.05, 0.1) is 12.1 Å². The third kappa shape index (κ3) is 2.11. The molecule has 0 radical (unpaired) electrons. The second kappa shape index (κ2) is 4.73. The maximum Gasteiger partial charge on any atom is 0.144 e. The van der Waals surface area contributed by atoms with Crippen LogP contribution in [-0.2, 0) is 6.54 Å². The van der Waals surface area contributed by atoms with E-state index in [0.717, 1.165) is 5.56 Å². The Bertz CT molecular complexity index is 779. The van der Waals surface area contributed by atoms with Crippen LogP contribution in [0.25, 0.3) is 10.9 Å². The van der Waals surface area contributed by atoms with Crippen LogP contribution in [-0.4, -0.2) is 20.6 Å². The van der Waals surface area contributed by atoms with Gasteiger partial charge in [0.25, 0.3) is 0 Å². The molecule has 3 rings (SSSR count). The number of nitrogens with zero attached hydrogens (tertiary/aromatic N) is 3. The number of nitrogens with one attached hydrogen (secondary N) is 1. The number of aromatic nitrogens is 3. The average Bonchev–Trinajstić information content (AvgIpc) is 2.78. The van der Waals surface area contributed by atoms with Crippen molar-refractivity contribution in [3.8, 4) is 0 Å². The monoisotopic (exact) mass is 269 g/mol. The summed E-state index contributed by atoms with van der Waals surface area (Å²) in [6, 6.07) is 8.06. The van der Waals surface area contributed by atoms with E-state index in [4.69, 9.17) is 11.1 Å². The lowest BCUT2D eigenvalue weighted by molar-refractivity contribution is 0.626. The molecule has 0 atom stereocenters. The van der Waals surface area contributed by atoms with Crippen LogP contribution in [0.4, 0.5) is 4.39 Å². The molecule has 0 fully saturated rings. The minimum Gasteiger partial charge on any atom is -0.382 e. The minimum atomic E-state index is -0.347. The largest absolute Gasteiger partial charge is 0.382 e. The molecule has 0 amide bonds. The third-order valence-corrected chi connectivity index (χ3v) is 3.02. The fraction of sp³-hybridized carbons (Fsp3) is 0.0714. The predicted molar refractivity (Wildman–Crippen MR) is 74.0 cm³/mol. The summed E-state index contributed by atoms with van der Waals surface area (Å²) >= 11 is 0. The molecule has 5 nitrogen and oxygen atoms in total. The smallest absolute Gasteiger partial charge is 0.144 e. The van der Waals surface area contributed by atoms with E-state index in [1.165, 1.54) is 12.1 Å². The predicted octanol–water partition coefficient (Wildman–Crippen LogP) is 1.90. The first kappa shape index (κ1) is 12.3. The van der Waals surface area contributed by atoms with Crippen molar-refractivity contribution < 1.29 is 4.39 Å². The van der Waals surface area contributed by atoms with Crippen molar-refractivity contribution in [2.45, 2.75) is 6.54 Å². The van der Waals surface area contributed by atoms with Gasteiger partial charge in [-0.25, -0.2) is 4.39 Å². The molecular formula is C14H12FN5. The zero-order valence-electron chi connectivity index (χ0n) is 10.5. The first-order chi connectivity index (χ1) is 9.65. The van der Waals surface area contributed by atoms with Crippen molar-refractivity contribution >= 4 is 16.7 Å². The number of fused-ring (bicyclic) bond motifs is 1. The van der Waals surface area contributed by atoms with Crippen molar-refractivity contribution in [2.75, 3.05) is 0 Å². The van der Waals surface area contributed by atoms with Crippen molar-refractivity contribution in [1.82, 2.24) is 14.8 Å². The van der Waals surface area contributed by atoms with E-state index in [1.807, 2.05) is 12.1 Å². The molecule has 0 aliphatic carbocycles. The number of rotatable bonds is 3. The summed E-state index contributed by atoms with van der Waals surface area (Å²) in [5.74, 6) is -0.480. The minimum absolute atomic E-state index is 0.133. The van der Waals surface area contributed by atoms with Crippen LogP contribution >= 0.6 is 0 Å². The molecule has 2 aromatic heterocycles. The molecule has 100 valence electrons. The molecule has 0 bridgehead atoms. The number of pyridine rings is 1. The summed E-state index contributed by atoms with van der Waals surface area (Å²) in [7, 11) is 0. The van der Waals surface area contributed by atoms with Gasteiger partial charge in [-0.1, -0.05) is 6.07 Å². The summed E-state index contributed by atoms with van der Waals surface area (Å²) in [4.78, 5) is 4.04. The fourth-order valence-corrected chi connectivity index (χ4v) is 2.13. The van der Waals surface area contributed by atoms with E-state index >= 15 is 0 Å². The van der Waals surface area contributed by atoms with Crippen LogP contribution in [0.5, 0.6) is 0 Å². The molecular weight excluding hydrogens is 257 g/mol. The highest BCUT2D eigenvalue weighted by atomic mass is 19.1. The van der Waals surface area contributed by atoms with E-state index in [-0.39, 0.29) is 11.7 Å².